The molecule has 2 aromatic carbocycles. The number of halogens is 2. The summed E-state index contributed by atoms with van der Waals surface area (Å²) in [4.78, 5) is 0. The predicted molar refractivity (Wildman–Crippen MR) is 68.0 cm³/mol. The lowest BCUT2D eigenvalue weighted by Gasteiger charge is -2.07. The van der Waals surface area contributed by atoms with Gasteiger partial charge in [-0.15, -0.1) is 0 Å². The molecule has 0 aliphatic heterocycles. The van der Waals surface area contributed by atoms with Crippen molar-refractivity contribution in [3.8, 4) is 16.9 Å². The second-order valence-electron chi connectivity index (χ2n) is 3.40. The van der Waals surface area contributed by atoms with E-state index in [2.05, 4.69) is 0 Å². The number of hydrogen-bond donors (Lipinski definition) is 2. The van der Waals surface area contributed by atoms with E-state index in [9.17, 15) is 5.11 Å². The molecule has 0 fully saturated rings. The van der Waals surface area contributed by atoms with Gasteiger partial charge in [0.05, 0.1) is 10.7 Å². The molecule has 4 heteroatoms. The summed E-state index contributed by atoms with van der Waals surface area (Å²) in [5.74, 6) is 0.0872. The van der Waals surface area contributed by atoms with Crippen LogP contribution in [0, 0.1) is 0 Å². The number of rotatable bonds is 1. The zero-order valence-corrected chi connectivity index (χ0v) is 9.76. The van der Waals surface area contributed by atoms with Crippen LogP contribution in [0.15, 0.2) is 36.4 Å². The predicted octanol–water partition coefficient (Wildman–Crippen LogP) is 3.95. The molecule has 2 nitrogen and oxygen atoms in total. The molecule has 0 spiro atoms. The second kappa shape index (κ2) is 4.24. The molecule has 0 radical (unpaired) electrons. The van der Waals surface area contributed by atoms with Crippen LogP contribution >= 0.6 is 23.2 Å². The summed E-state index contributed by atoms with van der Waals surface area (Å²) in [5, 5.41) is 10.8. The molecule has 0 atom stereocenters. The quantitative estimate of drug-likeness (QED) is 0.757. The summed E-state index contributed by atoms with van der Waals surface area (Å²) in [6.45, 7) is 0. The highest BCUT2D eigenvalue weighted by atomic mass is 35.5. The maximum absolute atomic E-state index is 9.78. The third kappa shape index (κ3) is 2.08. The van der Waals surface area contributed by atoms with Crippen LogP contribution in [0.4, 0.5) is 5.69 Å². The van der Waals surface area contributed by atoms with Crippen molar-refractivity contribution in [2.75, 3.05) is 5.73 Å². The van der Waals surface area contributed by atoms with Crippen LogP contribution in [-0.4, -0.2) is 5.11 Å². The van der Waals surface area contributed by atoms with Gasteiger partial charge < -0.3 is 10.8 Å². The topological polar surface area (TPSA) is 46.2 Å². The highest BCUT2D eigenvalue weighted by molar-refractivity contribution is 6.33. The van der Waals surface area contributed by atoms with Crippen molar-refractivity contribution in [1.82, 2.24) is 0 Å². The van der Waals surface area contributed by atoms with Gasteiger partial charge in [0.15, 0.2) is 0 Å². The Balaban J connectivity index is 2.60. The molecule has 0 bridgehead atoms. The monoisotopic (exact) mass is 253 g/mol. The lowest BCUT2D eigenvalue weighted by atomic mass is 10.0. The Morgan fingerprint density at radius 3 is 2.50 bits per heavy atom. The van der Waals surface area contributed by atoms with E-state index in [4.69, 9.17) is 28.9 Å². The molecular weight excluding hydrogens is 245 g/mol. The van der Waals surface area contributed by atoms with E-state index < -0.39 is 0 Å². The summed E-state index contributed by atoms with van der Waals surface area (Å²) in [6.07, 6.45) is 0. The summed E-state index contributed by atoms with van der Waals surface area (Å²) in [7, 11) is 0. The molecule has 0 aromatic heterocycles. The van der Waals surface area contributed by atoms with Crippen LogP contribution in [0.3, 0.4) is 0 Å². The van der Waals surface area contributed by atoms with E-state index in [0.717, 1.165) is 5.56 Å². The van der Waals surface area contributed by atoms with Gasteiger partial charge in [-0.3, -0.25) is 0 Å². The van der Waals surface area contributed by atoms with Gasteiger partial charge in [-0.25, -0.2) is 0 Å². The lowest BCUT2D eigenvalue weighted by Crippen LogP contribution is -1.88. The smallest absolute Gasteiger partial charge is 0.125 e. The number of nitrogen functional groups attached to an aromatic ring is 1. The van der Waals surface area contributed by atoms with Crippen molar-refractivity contribution in [3.05, 3.63) is 46.4 Å². The molecule has 0 aliphatic rings. The third-order valence-corrected chi connectivity index (χ3v) is 2.81. The maximum atomic E-state index is 9.78. The van der Waals surface area contributed by atoms with Crippen LogP contribution in [0.2, 0.25) is 10.0 Å². The Hall–Kier alpha value is -1.38. The largest absolute Gasteiger partial charge is 0.507 e. The molecule has 0 heterocycles. The minimum absolute atomic E-state index is 0.0872. The molecule has 0 saturated heterocycles. The van der Waals surface area contributed by atoms with Gasteiger partial charge in [-0.1, -0.05) is 35.3 Å². The molecule has 16 heavy (non-hydrogen) atoms. The minimum atomic E-state index is 0.0872. The molecule has 3 N–H and O–H groups in total. The average Bonchev–Trinajstić information content (AvgIpc) is 2.23. The number of benzene rings is 2. The molecule has 2 rings (SSSR count). The van der Waals surface area contributed by atoms with Crippen LogP contribution in [0.25, 0.3) is 11.1 Å². The van der Waals surface area contributed by atoms with Crippen molar-refractivity contribution in [2.24, 2.45) is 0 Å². The zero-order valence-electron chi connectivity index (χ0n) is 8.24. The van der Waals surface area contributed by atoms with Crippen molar-refractivity contribution in [3.63, 3.8) is 0 Å². The first-order chi connectivity index (χ1) is 7.58. The SMILES string of the molecule is Nc1cc(O)c(-c2cccc(Cl)c2)cc1Cl. The van der Waals surface area contributed by atoms with Crippen molar-refractivity contribution in [2.45, 2.75) is 0 Å². The molecule has 0 saturated carbocycles. The maximum Gasteiger partial charge on any atom is 0.125 e. The number of phenolic OH excluding ortho intramolecular Hbond substituents is 1. The van der Waals surface area contributed by atoms with Crippen LogP contribution in [0.1, 0.15) is 0 Å². The van der Waals surface area contributed by atoms with Gasteiger partial charge in [0, 0.05) is 16.7 Å². The van der Waals surface area contributed by atoms with Gasteiger partial charge in [-0.05, 0) is 23.8 Å². The number of nitrogens with two attached hydrogens (primary N) is 1. The Bertz CT molecular complexity index is 541. The number of hydrogen-bond acceptors (Lipinski definition) is 2. The summed E-state index contributed by atoms with van der Waals surface area (Å²) < 4.78 is 0. The van der Waals surface area contributed by atoms with Crippen LogP contribution in [0.5, 0.6) is 5.75 Å². The minimum Gasteiger partial charge on any atom is -0.507 e. The van der Waals surface area contributed by atoms with Crippen molar-refractivity contribution in [1.29, 1.82) is 0 Å². The Labute approximate surface area is 103 Å². The van der Waals surface area contributed by atoms with Gasteiger partial charge >= 0.3 is 0 Å². The highest BCUT2D eigenvalue weighted by Crippen LogP contribution is 2.35. The second-order valence-corrected chi connectivity index (χ2v) is 4.24. The fourth-order valence-corrected chi connectivity index (χ4v) is 1.82. The molecule has 0 aliphatic carbocycles. The van der Waals surface area contributed by atoms with Crippen molar-refractivity contribution >= 4 is 28.9 Å². The molecule has 82 valence electrons. The highest BCUT2D eigenvalue weighted by Gasteiger charge is 2.08. The fraction of sp³-hybridized carbons (Fsp3) is 0. The van der Waals surface area contributed by atoms with Crippen molar-refractivity contribution < 1.29 is 5.11 Å². The average molecular weight is 254 g/mol. The van der Waals surface area contributed by atoms with Gasteiger partial charge in [0.1, 0.15) is 5.75 Å². The Morgan fingerprint density at radius 2 is 1.81 bits per heavy atom. The Kier molecular flexibility index (Phi) is 2.95. The van der Waals surface area contributed by atoms with E-state index in [1.165, 1.54) is 6.07 Å². The first kappa shape index (κ1) is 11.1. The molecule has 2 aromatic rings. The normalized spacial score (nSPS) is 10.4. The summed E-state index contributed by atoms with van der Waals surface area (Å²) in [6, 6.07) is 10.2. The summed E-state index contributed by atoms with van der Waals surface area (Å²) >= 11 is 11.8. The standard InChI is InChI=1S/C12H9Cl2NO/c13-8-3-1-2-7(4-8)9-5-10(14)11(15)6-12(9)16/h1-6,16H,15H2. The van der Waals surface area contributed by atoms with E-state index in [1.807, 2.05) is 6.07 Å². The van der Waals surface area contributed by atoms with E-state index in [1.54, 1.807) is 24.3 Å². The fourth-order valence-electron chi connectivity index (χ4n) is 1.47. The first-order valence-corrected chi connectivity index (χ1v) is 5.37. The number of phenols is 1. The third-order valence-electron chi connectivity index (χ3n) is 2.25. The van der Waals surface area contributed by atoms with Gasteiger partial charge in [0.25, 0.3) is 0 Å². The number of anilines is 1. The molecule has 0 amide bonds. The lowest BCUT2D eigenvalue weighted by molar-refractivity contribution is 0.477. The Morgan fingerprint density at radius 1 is 1.06 bits per heavy atom. The van der Waals surface area contributed by atoms with E-state index in [-0.39, 0.29) is 5.75 Å². The van der Waals surface area contributed by atoms with E-state index in [0.29, 0.717) is 21.3 Å². The van der Waals surface area contributed by atoms with E-state index >= 15 is 0 Å². The van der Waals surface area contributed by atoms with Gasteiger partial charge in [0.2, 0.25) is 0 Å². The molecular formula is C12H9Cl2NO. The molecule has 0 unspecified atom stereocenters. The van der Waals surface area contributed by atoms with Crippen LogP contribution < -0.4 is 5.73 Å². The van der Waals surface area contributed by atoms with Crippen LogP contribution in [-0.2, 0) is 0 Å². The summed E-state index contributed by atoms with van der Waals surface area (Å²) in [5.41, 5.74) is 7.34. The zero-order chi connectivity index (χ0) is 11.7. The number of aromatic hydroxyl groups is 1. The van der Waals surface area contributed by atoms with Gasteiger partial charge in [-0.2, -0.15) is 0 Å². The first-order valence-electron chi connectivity index (χ1n) is 4.62.